The van der Waals surface area contributed by atoms with Crippen LogP contribution in [-0.2, 0) is 4.79 Å². The summed E-state index contributed by atoms with van der Waals surface area (Å²) in [6.07, 6.45) is 1.11. The van der Waals surface area contributed by atoms with E-state index in [-0.39, 0.29) is 11.4 Å². The van der Waals surface area contributed by atoms with Crippen molar-refractivity contribution in [1.82, 2.24) is 10.2 Å². The molecule has 1 heterocycles. The van der Waals surface area contributed by atoms with Crippen molar-refractivity contribution in [3.63, 3.8) is 0 Å². The van der Waals surface area contributed by atoms with E-state index in [2.05, 4.69) is 17.1 Å². The highest BCUT2D eigenvalue weighted by Gasteiger charge is 2.29. The largest absolute Gasteiger partial charge is 0.350 e. The highest BCUT2D eigenvalue weighted by atomic mass is 16.2. The van der Waals surface area contributed by atoms with Crippen LogP contribution in [0, 0.1) is 5.92 Å². The molecule has 94 valence electrons. The summed E-state index contributed by atoms with van der Waals surface area (Å²) in [5.41, 5.74) is 5.52. The van der Waals surface area contributed by atoms with E-state index < -0.39 is 0 Å². The fraction of sp³-hybridized carbons (Fsp3) is 0.917. The van der Waals surface area contributed by atoms with Crippen molar-refractivity contribution in [2.24, 2.45) is 11.7 Å². The smallest absolute Gasteiger partial charge is 0.234 e. The Bertz CT molecular complexity index is 247. The predicted octanol–water partition coefficient (Wildman–Crippen LogP) is 0.570. The Morgan fingerprint density at radius 2 is 2.12 bits per heavy atom. The molecular weight excluding hydrogens is 202 g/mol. The molecule has 1 rings (SSSR count). The molecule has 3 N–H and O–H groups in total. The Hall–Kier alpha value is -0.610. The number of amides is 1. The molecule has 2 unspecified atom stereocenters. The Morgan fingerprint density at radius 3 is 2.56 bits per heavy atom. The van der Waals surface area contributed by atoms with E-state index in [1.54, 1.807) is 0 Å². The Labute approximate surface area is 98.6 Å². The fourth-order valence-electron chi connectivity index (χ4n) is 2.25. The molecular formula is C12H25N3O. The van der Waals surface area contributed by atoms with E-state index in [1.165, 1.54) is 0 Å². The van der Waals surface area contributed by atoms with E-state index in [1.807, 2.05) is 20.8 Å². The molecule has 4 heteroatoms. The van der Waals surface area contributed by atoms with Gasteiger partial charge in [0.1, 0.15) is 0 Å². The van der Waals surface area contributed by atoms with Crippen molar-refractivity contribution >= 4 is 5.91 Å². The van der Waals surface area contributed by atoms with Gasteiger partial charge in [-0.2, -0.15) is 0 Å². The molecule has 0 radical (unpaired) electrons. The number of hydrogen-bond acceptors (Lipinski definition) is 3. The second-order valence-corrected chi connectivity index (χ2v) is 5.91. The normalized spacial score (nSPS) is 27.1. The summed E-state index contributed by atoms with van der Waals surface area (Å²) in [6.45, 7) is 10.3. The first-order valence-corrected chi connectivity index (χ1v) is 6.07. The first kappa shape index (κ1) is 13.5. The van der Waals surface area contributed by atoms with Gasteiger partial charge in [0.15, 0.2) is 0 Å². The van der Waals surface area contributed by atoms with Gasteiger partial charge in [0.2, 0.25) is 5.91 Å². The van der Waals surface area contributed by atoms with Crippen LogP contribution < -0.4 is 11.1 Å². The molecule has 1 amide bonds. The Morgan fingerprint density at radius 1 is 1.50 bits per heavy atom. The van der Waals surface area contributed by atoms with Crippen molar-refractivity contribution in [2.45, 2.75) is 45.7 Å². The number of likely N-dealkylation sites (tertiary alicyclic amines) is 1. The summed E-state index contributed by atoms with van der Waals surface area (Å²) < 4.78 is 0. The molecule has 0 bridgehead atoms. The minimum Gasteiger partial charge on any atom is -0.350 e. The molecule has 0 aromatic heterocycles. The van der Waals surface area contributed by atoms with Crippen LogP contribution in [0.15, 0.2) is 0 Å². The van der Waals surface area contributed by atoms with Gasteiger partial charge in [-0.15, -0.1) is 0 Å². The van der Waals surface area contributed by atoms with E-state index in [9.17, 15) is 4.79 Å². The highest BCUT2D eigenvalue weighted by Crippen LogP contribution is 2.21. The summed E-state index contributed by atoms with van der Waals surface area (Å²) in [5.74, 6) is 0.662. The number of rotatable bonds is 3. The van der Waals surface area contributed by atoms with Gasteiger partial charge in [0, 0.05) is 18.1 Å². The lowest BCUT2D eigenvalue weighted by atomic mass is 10.1. The maximum absolute atomic E-state index is 11.8. The summed E-state index contributed by atoms with van der Waals surface area (Å²) >= 11 is 0. The zero-order chi connectivity index (χ0) is 12.3. The molecule has 1 saturated heterocycles. The molecule has 0 aromatic carbocycles. The lowest BCUT2D eigenvalue weighted by Crippen LogP contribution is -2.46. The molecule has 0 aliphatic carbocycles. The fourth-order valence-corrected chi connectivity index (χ4v) is 2.25. The highest BCUT2D eigenvalue weighted by molar-refractivity contribution is 5.78. The molecule has 4 nitrogen and oxygen atoms in total. The molecule has 0 spiro atoms. The van der Waals surface area contributed by atoms with Gasteiger partial charge in [-0.1, -0.05) is 0 Å². The second-order valence-electron chi connectivity index (χ2n) is 5.91. The predicted molar refractivity (Wildman–Crippen MR) is 66.1 cm³/mol. The van der Waals surface area contributed by atoms with Crippen LogP contribution in [0.25, 0.3) is 0 Å². The standard InChI is InChI=1S/C12H25N3O/c1-9-5-10(6-13)7-15(9)8-11(16)14-12(2,3)4/h9-10H,5-8,13H2,1-4H3,(H,14,16). The number of nitrogens with one attached hydrogen (secondary N) is 1. The summed E-state index contributed by atoms with van der Waals surface area (Å²) in [4.78, 5) is 14.0. The Balaban J connectivity index is 2.40. The zero-order valence-corrected chi connectivity index (χ0v) is 10.9. The second kappa shape index (κ2) is 5.15. The SMILES string of the molecule is CC1CC(CN)CN1CC(=O)NC(C)(C)C. The topological polar surface area (TPSA) is 58.4 Å². The van der Waals surface area contributed by atoms with Crippen LogP contribution in [0.4, 0.5) is 0 Å². The van der Waals surface area contributed by atoms with Gasteiger partial charge in [-0.3, -0.25) is 9.69 Å². The maximum Gasteiger partial charge on any atom is 0.234 e. The molecule has 2 atom stereocenters. The van der Waals surface area contributed by atoms with Gasteiger partial charge in [-0.25, -0.2) is 0 Å². The van der Waals surface area contributed by atoms with Crippen molar-refractivity contribution in [3.8, 4) is 0 Å². The first-order valence-electron chi connectivity index (χ1n) is 6.07. The monoisotopic (exact) mass is 227 g/mol. The van der Waals surface area contributed by atoms with Crippen LogP contribution in [-0.4, -0.2) is 42.0 Å². The summed E-state index contributed by atoms with van der Waals surface area (Å²) in [6, 6.07) is 0.472. The lowest BCUT2D eigenvalue weighted by Gasteiger charge is -2.25. The number of hydrogen-bond donors (Lipinski definition) is 2. The van der Waals surface area contributed by atoms with Crippen molar-refractivity contribution in [3.05, 3.63) is 0 Å². The summed E-state index contributed by atoms with van der Waals surface area (Å²) in [5, 5.41) is 2.99. The van der Waals surface area contributed by atoms with Crippen LogP contribution >= 0.6 is 0 Å². The number of nitrogens with zero attached hydrogens (tertiary/aromatic N) is 1. The Kier molecular flexibility index (Phi) is 4.33. The molecule has 1 aliphatic rings. The maximum atomic E-state index is 11.8. The molecule has 1 fully saturated rings. The van der Waals surface area contributed by atoms with Crippen LogP contribution in [0.1, 0.15) is 34.1 Å². The van der Waals surface area contributed by atoms with Gasteiger partial charge >= 0.3 is 0 Å². The number of carbonyl (C=O) groups is 1. The third kappa shape index (κ3) is 4.10. The van der Waals surface area contributed by atoms with Crippen molar-refractivity contribution in [1.29, 1.82) is 0 Å². The molecule has 16 heavy (non-hydrogen) atoms. The quantitative estimate of drug-likeness (QED) is 0.741. The van der Waals surface area contributed by atoms with Crippen LogP contribution in [0.3, 0.4) is 0 Å². The minimum absolute atomic E-state index is 0.108. The lowest BCUT2D eigenvalue weighted by molar-refractivity contribution is -0.123. The van der Waals surface area contributed by atoms with Gasteiger partial charge in [-0.05, 0) is 46.6 Å². The first-order chi connectivity index (χ1) is 7.31. The van der Waals surface area contributed by atoms with Gasteiger partial charge < -0.3 is 11.1 Å². The summed E-state index contributed by atoms with van der Waals surface area (Å²) in [7, 11) is 0. The number of carbonyl (C=O) groups excluding carboxylic acids is 1. The van der Waals surface area contributed by atoms with E-state index in [4.69, 9.17) is 5.73 Å². The zero-order valence-electron chi connectivity index (χ0n) is 10.9. The van der Waals surface area contributed by atoms with Crippen molar-refractivity contribution in [2.75, 3.05) is 19.6 Å². The molecule has 1 aliphatic heterocycles. The van der Waals surface area contributed by atoms with Crippen LogP contribution in [0.2, 0.25) is 0 Å². The molecule has 0 saturated carbocycles. The van der Waals surface area contributed by atoms with E-state index in [0.717, 1.165) is 19.5 Å². The number of nitrogens with two attached hydrogens (primary N) is 1. The average Bonchev–Trinajstić information content (AvgIpc) is 2.44. The molecule has 0 aromatic rings. The van der Waals surface area contributed by atoms with E-state index in [0.29, 0.717) is 18.5 Å². The van der Waals surface area contributed by atoms with Crippen molar-refractivity contribution < 1.29 is 4.79 Å². The van der Waals surface area contributed by atoms with E-state index >= 15 is 0 Å². The van der Waals surface area contributed by atoms with Gasteiger partial charge in [0.25, 0.3) is 0 Å². The van der Waals surface area contributed by atoms with Crippen LogP contribution in [0.5, 0.6) is 0 Å². The third-order valence-electron chi connectivity index (χ3n) is 2.98. The van der Waals surface area contributed by atoms with Gasteiger partial charge in [0.05, 0.1) is 6.54 Å². The third-order valence-corrected chi connectivity index (χ3v) is 2.98. The average molecular weight is 227 g/mol. The minimum atomic E-state index is -0.146.